The van der Waals surface area contributed by atoms with Crippen LogP contribution in [0.2, 0.25) is 0 Å². The van der Waals surface area contributed by atoms with Gasteiger partial charge in [0.05, 0.1) is 5.41 Å². The maximum atomic E-state index is 2.35. The SMILES string of the molecule is CC1(C)c2ccccc2-c2ccccc21.c1ccc(C2(c3ccccc3)c3ccccc3-c3ccccc32)cc1.c1ccc2c(c1)-c1ccccc1C21CCCC1. The standard InChI is InChI=1S/C25H18.C17H16.C15H14/c1-3-11-19(12-4-1)25(20-13-5-2-6-14-20)23-17-9-7-15-21(23)22-16-8-10-18-24(22)25;1-3-9-15-13(7-1)14-8-2-4-10-16(14)17(15)11-5-6-12-17;1-15(2)13-9-5-3-7-11(13)12-8-4-6-10-14(12)15/h1-18H;1-4,7-10H,5-6,11-12H2;3-10H,1-2H3. The molecule has 1 spiro atoms. The van der Waals surface area contributed by atoms with Crippen LogP contribution in [0.4, 0.5) is 0 Å². The minimum absolute atomic E-state index is 0.160. The molecule has 57 heavy (non-hydrogen) atoms. The van der Waals surface area contributed by atoms with Gasteiger partial charge in [-0.2, -0.15) is 0 Å². The Morgan fingerprint density at radius 2 is 0.544 bits per heavy atom. The van der Waals surface area contributed by atoms with E-state index in [0.717, 1.165) is 0 Å². The molecule has 0 bridgehead atoms. The zero-order chi connectivity index (χ0) is 38.5. The van der Waals surface area contributed by atoms with E-state index >= 15 is 0 Å². The quantitative estimate of drug-likeness (QED) is 0.166. The smallest absolute Gasteiger partial charge is 0.0622 e. The zero-order valence-corrected chi connectivity index (χ0v) is 33.0. The van der Waals surface area contributed by atoms with Gasteiger partial charge in [0.2, 0.25) is 0 Å². The minimum atomic E-state index is -0.254. The van der Waals surface area contributed by atoms with Gasteiger partial charge in [-0.05, 0) is 90.7 Å². The molecule has 0 heterocycles. The Balaban J connectivity index is 0.000000109. The molecule has 4 aliphatic carbocycles. The largest absolute Gasteiger partial charge is 0.0713 e. The third-order valence-electron chi connectivity index (χ3n) is 13.5. The van der Waals surface area contributed by atoms with Crippen LogP contribution in [0.5, 0.6) is 0 Å². The van der Waals surface area contributed by atoms with E-state index in [-0.39, 0.29) is 10.8 Å². The molecule has 0 radical (unpaired) electrons. The normalized spacial score (nSPS) is 16.0. The summed E-state index contributed by atoms with van der Waals surface area (Å²) < 4.78 is 0. The van der Waals surface area contributed by atoms with Crippen molar-refractivity contribution in [2.24, 2.45) is 0 Å². The summed E-state index contributed by atoms with van der Waals surface area (Å²) in [6.45, 7) is 4.61. The summed E-state index contributed by atoms with van der Waals surface area (Å²) in [6.07, 6.45) is 5.42. The summed E-state index contributed by atoms with van der Waals surface area (Å²) in [5, 5.41) is 0. The molecule has 0 heteroatoms. The fourth-order valence-corrected chi connectivity index (χ4v) is 11.0. The van der Waals surface area contributed by atoms with Crippen LogP contribution >= 0.6 is 0 Å². The molecule has 0 aromatic heterocycles. The number of benzene rings is 8. The Kier molecular flexibility index (Phi) is 8.68. The van der Waals surface area contributed by atoms with Crippen molar-refractivity contribution in [3.05, 3.63) is 251 Å². The Morgan fingerprint density at radius 1 is 0.281 bits per heavy atom. The molecule has 8 aromatic carbocycles. The third-order valence-corrected chi connectivity index (χ3v) is 13.5. The van der Waals surface area contributed by atoms with Crippen molar-refractivity contribution in [3.8, 4) is 33.4 Å². The topological polar surface area (TPSA) is 0 Å². The van der Waals surface area contributed by atoms with Gasteiger partial charge < -0.3 is 0 Å². The van der Waals surface area contributed by atoms with Crippen LogP contribution in [-0.4, -0.2) is 0 Å². The molecule has 0 atom stereocenters. The molecule has 1 fully saturated rings. The van der Waals surface area contributed by atoms with Gasteiger partial charge >= 0.3 is 0 Å². The van der Waals surface area contributed by atoms with Crippen molar-refractivity contribution in [1.29, 1.82) is 0 Å². The van der Waals surface area contributed by atoms with E-state index in [9.17, 15) is 0 Å². The first-order valence-electron chi connectivity index (χ1n) is 20.7. The Hall–Kier alpha value is -6.24. The molecule has 1 saturated carbocycles. The number of hydrogen-bond donors (Lipinski definition) is 0. The number of hydrogen-bond acceptors (Lipinski definition) is 0. The van der Waals surface area contributed by atoms with Gasteiger partial charge in [0, 0.05) is 10.8 Å². The molecule has 8 aromatic rings. The maximum absolute atomic E-state index is 2.35. The lowest BCUT2D eigenvalue weighted by Crippen LogP contribution is -2.28. The van der Waals surface area contributed by atoms with Crippen LogP contribution in [-0.2, 0) is 16.2 Å². The second-order valence-electron chi connectivity index (χ2n) is 16.7. The lowest BCUT2D eigenvalue weighted by atomic mass is 9.68. The molecule has 4 aliphatic rings. The van der Waals surface area contributed by atoms with Crippen molar-refractivity contribution < 1.29 is 0 Å². The second kappa shape index (κ2) is 14.1. The molecule has 0 N–H and O–H groups in total. The lowest BCUT2D eigenvalue weighted by molar-refractivity contribution is 0.550. The van der Waals surface area contributed by atoms with E-state index in [1.165, 1.54) is 92.4 Å². The second-order valence-corrected chi connectivity index (χ2v) is 16.7. The van der Waals surface area contributed by atoms with Gasteiger partial charge in [-0.15, -0.1) is 0 Å². The van der Waals surface area contributed by atoms with Gasteiger partial charge in [0.15, 0.2) is 0 Å². The highest BCUT2D eigenvalue weighted by atomic mass is 14.5. The molecule has 0 amide bonds. The molecule has 12 rings (SSSR count). The predicted molar refractivity (Wildman–Crippen MR) is 239 cm³/mol. The van der Waals surface area contributed by atoms with E-state index in [4.69, 9.17) is 0 Å². The first kappa shape index (κ1) is 35.2. The van der Waals surface area contributed by atoms with Crippen LogP contribution in [0.3, 0.4) is 0 Å². The Labute approximate surface area is 338 Å². The van der Waals surface area contributed by atoms with Crippen molar-refractivity contribution in [2.75, 3.05) is 0 Å². The highest BCUT2D eigenvalue weighted by Crippen LogP contribution is 2.57. The van der Waals surface area contributed by atoms with Crippen molar-refractivity contribution >= 4 is 0 Å². The van der Waals surface area contributed by atoms with E-state index in [1.807, 2.05) is 0 Å². The summed E-state index contributed by atoms with van der Waals surface area (Å²) in [5.41, 5.74) is 20.1. The van der Waals surface area contributed by atoms with Gasteiger partial charge in [0.1, 0.15) is 0 Å². The van der Waals surface area contributed by atoms with Crippen LogP contribution < -0.4 is 0 Å². The summed E-state index contributed by atoms with van der Waals surface area (Å²) >= 11 is 0. The minimum Gasteiger partial charge on any atom is -0.0622 e. The molecular weight excluding hydrogens is 685 g/mol. The maximum Gasteiger partial charge on any atom is 0.0713 e. The van der Waals surface area contributed by atoms with Crippen molar-refractivity contribution in [1.82, 2.24) is 0 Å². The molecule has 276 valence electrons. The predicted octanol–water partition coefficient (Wildman–Crippen LogP) is 14.6. The summed E-state index contributed by atoms with van der Waals surface area (Å²) in [6, 6.07) is 74.9. The lowest BCUT2D eigenvalue weighted by Gasteiger charge is -2.33. The molecule has 0 saturated heterocycles. The van der Waals surface area contributed by atoms with Gasteiger partial charge in [0.25, 0.3) is 0 Å². The highest BCUT2D eigenvalue weighted by molar-refractivity contribution is 5.86. The fourth-order valence-electron chi connectivity index (χ4n) is 11.0. The summed E-state index contributed by atoms with van der Waals surface area (Å²) in [5.74, 6) is 0. The Bertz CT molecular complexity index is 2530. The highest BCUT2D eigenvalue weighted by Gasteiger charge is 2.46. The van der Waals surface area contributed by atoms with Gasteiger partial charge in [-0.3, -0.25) is 0 Å². The average molecular weight is 733 g/mol. The first-order valence-corrected chi connectivity index (χ1v) is 20.7. The van der Waals surface area contributed by atoms with Crippen molar-refractivity contribution in [3.63, 3.8) is 0 Å². The van der Waals surface area contributed by atoms with Crippen LogP contribution in [0.1, 0.15) is 84.0 Å². The van der Waals surface area contributed by atoms with Crippen molar-refractivity contribution in [2.45, 2.75) is 55.8 Å². The van der Waals surface area contributed by atoms with Crippen LogP contribution in [0.15, 0.2) is 206 Å². The van der Waals surface area contributed by atoms with E-state index in [0.29, 0.717) is 5.41 Å². The molecule has 0 unspecified atom stereocenters. The average Bonchev–Trinajstić information content (AvgIpc) is 4.03. The van der Waals surface area contributed by atoms with E-state index in [2.05, 4.69) is 220 Å². The first-order chi connectivity index (χ1) is 28.0. The van der Waals surface area contributed by atoms with Gasteiger partial charge in [-0.25, -0.2) is 0 Å². The monoisotopic (exact) mass is 732 g/mol. The fraction of sp³-hybridized carbons (Fsp3) is 0.158. The molecule has 0 aliphatic heterocycles. The third kappa shape index (κ3) is 5.42. The molecule has 0 nitrogen and oxygen atoms in total. The van der Waals surface area contributed by atoms with E-state index in [1.54, 1.807) is 11.1 Å². The Morgan fingerprint density at radius 3 is 0.912 bits per heavy atom. The molecular formula is C57H48. The van der Waals surface area contributed by atoms with Gasteiger partial charge in [-0.1, -0.05) is 233 Å². The number of rotatable bonds is 2. The van der Waals surface area contributed by atoms with E-state index < -0.39 is 0 Å². The van der Waals surface area contributed by atoms with Crippen LogP contribution in [0.25, 0.3) is 33.4 Å². The summed E-state index contributed by atoms with van der Waals surface area (Å²) in [4.78, 5) is 0. The summed E-state index contributed by atoms with van der Waals surface area (Å²) in [7, 11) is 0. The zero-order valence-electron chi connectivity index (χ0n) is 33.0. The number of fused-ring (bicyclic) bond motifs is 11. The van der Waals surface area contributed by atoms with Crippen LogP contribution in [0, 0.1) is 0 Å².